The summed E-state index contributed by atoms with van der Waals surface area (Å²) in [7, 11) is 1.61. The third-order valence-electron chi connectivity index (χ3n) is 4.44. The minimum atomic E-state index is -0.519. The summed E-state index contributed by atoms with van der Waals surface area (Å²) in [5.41, 5.74) is 1.49. The highest BCUT2D eigenvalue weighted by Crippen LogP contribution is 2.38. The lowest BCUT2D eigenvalue weighted by molar-refractivity contribution is 0.0528. The highest BCUT2D eigenvalue weighted by Gasteiger charge is 2.24. The normalized spacial score (nSPS) is 10.9. The van der Waals surface area contributed by atoms with Crippen LogP contribution in [0.15, 0.2) is 59.3 Å². The number of anilines is 1. The standard InChI is InChI=1S/C21H18N3O6/c1-3-28-21(25)17-15-11-14(29-20-19(24(26)27)22-12-23(20)2)9-10-16(15)30-18(17)13-7-5-4-6-8-13/h4-12,26H,3H2,1-2H3/q-1. The lowest BCUT2D eigenvalue weighted by Crippen LogP contribution is -2.09. The molecule has 0 radical (unpaired) electrons. The van der Waals surface area contributed by atoms with Gasteiger partial charge in [0.05, 0.1) is 12.9 Å². The Bertz CT molecular complexity index is 1200. The maximum Gasteiger partial charge on any atom is 0.342 e. The Balaban J connectivity index is 1.83. The van der Waals surface area contributed by atoms with Crippen LogP contribution in [0.4, 0.5) is 5.82 Å². The molecule has 0 bridgehead atoms. The van der Waals surface area contributed by atoms with E-state index in [1.165, 1.54) is 10.9 Å². The zero-order valence-electron chi connectivity index (χ0n) is 16.2. The molecule has 0 aliphatic heterocycles. The first-order chi connectivity index (χ1) is 14.5. The minimum absolute atomic E-state index is 0.0383. The van der Waals surface area contributed by atoms with Gasteiger partial charge in [-0.3, -0.25) is 5.21 Å². The first-order valence-corrected chi connectivity index (χ1v) is 9.14. The van der Waals surface area contributed by atoms with Gasteiger partial charge in [0.2, 0.25) is 11.7 Å². The Morgan fingerprint density at radius 3 is 2.73 bits per heavy atom. The van der Waals surface area contributed by atoms with Gasteiger partial charge in [-0.25, -0.2) is 9.78 Å². The van der Waals surface area contributed by atoms with Crippen molar-refractivity contribution in [1.82, 2.24) is 9.55 Å². The molecule has 0 unspecified atom stereocenters. The molecule has 154 valence electrons. The molecule has 0 atom stereocenters. The van der Waals surface area contributed by atoms with Crippen molar-refractivity contribution in [1.29, 1.82) is 0 Å². The number of aromatic nitrogens is 2. The number of carbonyl (C=O) groups is 1. The second kappa shape index (κ2) is 7.90. The molecule has 30 heavy (non-hydrogen) atoms. The van der Waals surface area contributed by atoms with E-state index in [2.05, 4.69) is 4.98 Å². The van der Waals surface area contributed by atoms with E-state index in [1.807, 2.05) is 30.3 Å². The van der Waals surface area contributed by atoms with E-state index in [0.29, 0.717) is 22.5 Å². The van der Waals surface area contributed by atoms with Crippen LogP contribution in [0.2, 0.25) is 0 Å². The monoisotopic (exact) mass is 408 g/mol. The maximum atomic E-state index is 12.7. The largest absolute Gasteiger partial charge is 0.732 e. The van der Waals surface area contributed by atoms with Crippen LogP contribution in [0.5, 0.6) is 11.6 Å². The second-order valence-electron chi connectivity index (χ2n) is 6.41. The third-order valence-corrected chi connectivity index (χ3v) is 4.44. The van der Waals surface area contributed by atoms with E-state index >= 15 is 0 Å². The Kier molecular flexibility index (Phi) is 5.13. The number of carbonyl (C=O) groups excluding carboxylic acids is 1. The maximum absolute atomic E-state index is 12.7. The second-order valence-corrected chi connectivity index (χ2v) is 6.41. The number of fused-ring (bicyclic) bond motifs is 1. The summed E-state index contributed by atoms with van der Waals surface area (Å²) in [6, 6.07) is 14.1. The molecule has 9 heteroatoms. The van der Waals surface area contributed by atoms with E-state index in [9.17, 15) is 15.2 Å². The van der Waals surface area contributed by atoms with E-state index < -0.39 is 5.97 Å². The molecular formula is C21H18N3O6-. The zero-order chi connectivity index (χ0) is 21.3. The van der Waals surface area contributed by atoms with Gasteiger partial charge < -0.3 is 28.9 Å². The predicted molar refractivity (Wildman–Crippen MR) is 109 cm³/mol. The predicted octanol–water partition coefficient (Wildman–Crippen LogP) is 4.50. The van der Waals surface area contributed by atoms with Gasteiger partial charge in [0.15, 0.2) is 0 Å². The molecule has 2 aromatic heterocycles. The highest BCUT2D eigenvalue weighted by atomic mass is 16.8. The number of rotatable bonds is 6. The summed E-state index contributed by atoms with van der Waals surface area (Å²) in [4.78, 5) is 16.5. The fourth-order valence-electron chi connectivity index (χ4n) is 3.11. The van der Waals surface area contributed by atoms with Gasteiger partial charge in [-0.15, -0.1) is 0 Å². The van der Waals surface area contributed by atoms with Crippen molar-refractivity contribution < 1.29 is 23.9 Å². The van der Waals surface area contributed by atoms with Crippen molar-refractivity contribution >= 4 is 22.8 Å². The number of ether oxygens (including phenoxy) is 2. The summed E-state index contributed by atoms with van der Waals surface area (Å²) in [6.45, 7) is 1.94. The quantitative estimate of drug-likeness (QED) is 0.367. The molecule has 0 amide bonds. The molecule has 1 N–H and O–H groups in total. The van der Waals surface area contributed by atoms with Crippen molar-refractivity contribution in [3.8, 4) is 23.0 Å². The van der Waals surface area contributed by atoms with Gasteiger partial charge in [-0.1, -0.05) is 30.3 Å². The summed E-state index contributed by atoms with van der Waals surface area (Å²) in [5, 5.41) is 20.6. The molecule has 4 aromatic rings. The van der Waals surface area contributed by atoms with Crippen LogP contribution in [-0.2, 0) is 11.8 Å². The van der Waals surface area contributed by atoms with Crippen LogP contribution in [0.25, 0.3) is 22.3 Å². The molecule has 0 saturated carbocycles. The van der Waals surface area contributed by atoms with Crippen molar-refractivity contribution in [3.63, 3.8) is 0 Å². The van der Waals surface area contributed by atoms with E-state index in [-0.39, 0.29) is 29.1 Å². The van der Waals surface area contributed by atoms with Crippen molar-refractivity contribution in [3.05, 3.63) is 65.6 Å². The number of hydrogen-bond acceptors (Lipinski definition) is 8. The minimum Gasteiger partial charge on any atom is -0.732 e. The third kappa shape index (κ3) is 3.47. The van der Waals surface area contributed by atoms with Gasteiger partial charge in [0.25, 0.3) is 0 Å². The lowest BCUT2D eigenvalue weighted by atomic mass is 10.1. The number of hydrogen-bond donors (Lipinski definition) is 1. The summed E-state index contributed by atoms with van der Waals surface area (Å²) in [6.07, 6.45) is 1.33. The molecule has 0 fully saturated rings. The van der Waals surface area contributed by atoms with Crippen LogP contribution in [0.3, 0.4) is 0 Å². The number of furan rings is 1. The fraction of sp³-hybridized carbons (Fsp3) is 0.143. The van der Waals surface area contributed by atoms with Gasteiger partial charge in [-0.2, -0.15) is 0 Å². The zero-order valence-corrected chi connectivity index (χ0v) is 16.2. The molecule has 0 spiro atoms. The summed E-state index contributed by atoms with van der Waals surface area (Å²) >= 11 is 0. The van der Waals surface area contributed by atoms with E-state index in [0.717, 1.165) is 5.56 Å². The average molecular weight is 408 g/mol. The molecule has 9 nitrogen and oxygen atoms in total. The molecule has 4 rings (SSSR count). The first kappa shape index (κ1) is 19.5. The Morgan fingerprint density at radius 2 is 2.03 bits per heavy atom. The van der Waals surface area contributed by atoms with E-state index in [1.54, 1.807) is 32.2 Å². The Labute approximate surface area is 171 Å². The topological polar surface area (TPSA) is 113 Å². The fourth-order valence-corrected chi connectivity index (χ4v) is 3.11. The van der Waals surface area contributed by atoms with Gasteiger partial charge >= 0.3 is 5.97 Å². The van der Waals surface area contributed by atoms with Crippen LogP contribution in [-0.4, -0.2) is 27.3 Å². The lowest BCUT2D eigenvalue weighted by Gasteiger charge is -2.20. The number of esters is 1. The van der Waals surface area contributed by atoms with Crippen molar-refractivity contribution in [2.45, 2.75) is 6.92 Å². The number of benzene rings is 2. The van der Waals surface area contributed by atoms with Crippen LogP contribution in [0, 0.1) is 5.21 Å². The highest BCUT2D eigenvalue weighted by molar-refractivity contribution is 6.09. The average Bonchev–Trinajstić information content (AvgIpc) is 3.29. The SMILES string of the molecule is CCOC(=O)c1c(-c2ccccc2)oc2ccc(Oc3c(N([O-])O)ncn3C)cc12. The number of nitrogens with zero attached hydrogens (tertiary/aromatic N) is 3. The first-order valence-electron chi connectivity index (χ1n) is 9.14. The van der Waals surface area contributed by atoms with Crippen LogP contribution >= 0.6 is 0 Å². The van der Waals surface area contributed by atoms with Crippen molar-refractivity contribution in [2.75, 3.05) is 11.8 Å². The number of imidazole rings is 1. The molecule has 2 heterocycles. The Morgan fingerprint density at radius 1 is 1.27 bits per heavy atom. The summed E-state index contributed by atoms with van der Waals surface area (Å²) in [5.74, 6) is -0.0602. The molecule has 0 saturated heterocycles. The molecule has 0 aliphatic carbocycles. The van der Waals surface area contributed by atoms with E-state index in [4.69, 9.17) is 13.9 Å². The van der Waals surface area contributed by atoms with Crippen LogP contribution in [0.1, 0.15) is 17.3 Å². The summed E-state index contributed by atoms with van der Waals surface area (Å²) < 4.78 is 18.4. The van der Waals surface area contributed by atoms with Gasteiger partial charge in [0, 0.05) is 18.0 Å². The van der Waals surface area contributed by atoms with Crippen LogP contribution < -0.4 is 9.96 Å². The Hall–Kier alpha value is -3.82. The molecule has 2 aromatic carbocycles. The van der Waals surface area contributed by atoms with Gasteiger partial charge in [-0.05, 0) is 25.1 Å². The van der Waals surface area contributed by atoms with Crippen molar-refractivity contribution in [2.24, 2.45) is 7.05 Å². The number of aryl methyl sites for hydroxylation is 1. The molecule has 0 aliphatic rings. The molecular weight excluding hydrogens is 390 g/mol. The van der Waals surface area contributed by atoms with Gasteiger partial charge in [0.1, 0.15) is 22.7 Å². The smallest absolute Gasteiger partial charge is 0.342 e.